The first kappa shape index (κ1) is 40.4. The van der Waals surface area contributed by atoms with Gasteiger partial charge in [-0.2, -0.15) is 0 Å². The van der Waals surface area contributed by atoms with Crippen molar-refractivity contribution in [2.24, 2.45) is 0 Å². The zero-order valence-electron chi connectivity index (χ0n) is 19.5. The van der Waals surface area contributed by atoms with Crippen LogP contribution in [0.1, 0.15) is 0 Å². The Hall–Kier alpha value is 0.240. The summed E-state index contributed by atoms with van der Waals surface area (Å²) in [6, 6.07) is 0. The number of hydrogen-bond acceptors (Lipinski definition) is 12. The van der Waals surface area contributed by atoms with Crippen molar-refractivity contribution in [3.63, 3.8) is 0 Å². The Morgan fingerprint density at radius 1 is 0.250 bits per heavy atom. The molecule has 10 unspecified atom stereocenters. The Kier molecular flexibility index (Phi) is 15.2. The fraction of sp³-hybridized carbons (Fsp3) is 0. The molecule has 0 saturated carbocycles. The molecule has 2 rings (SSSR count). The third-order valence-electron chi connectivity index (χ3n) is 4.43. The highest BCUT2D eigenvalue weighted by atomic mass is 33.1. The van der Waals surface area contributed by atoms with Crippen LogP contribution in [0.25, 0.3) is 0 Å². The topological polar surface area (TPSA) is 373 Å². The van der Waals surface area contributed by atoms with Crippen molar-refractivity contribution in [2.45, 2.75) is 58.7 Å². The van der Waals surface area contributed by atoms with Crippen LogP contribution in [-0.2, 0) is 111 Å². The van der Waals surface area contributed by atoms with Crippen LogP contribution in [0.15, 0.2) is 58.7 Å². The molecule has 20 nitrogen and oxygen atoms in total. The molecule has 0 fully saturated rings. The van der Waals surface area contributed by atoms with Crippen LogP contribution in [0, 0.1) is 0 Å². The summed E-state index contributed by atoms with van der Waals surface area (Å²) in [6.07, 6.45) is 0. The summed E-state index contributed by atoms with van der Waals surface area (Å²) in [4.78, 5) is -17.4. The lowest BCUT2D eigenvalue weighted by atomic mass is 10.3. The van der Waals surface area contributed by atoms with Gasteiger partial charge in [-0.15, -0.1) is 0 Å². The van der Waals surface area contributed by atoms with Gasteiger partial charge in [0.05, 0.1) is 9.79 Å². The van der Waals surface area contributed by atoms with Gasteiger partial charge in [-0.05, 0) is 21.6 Å². The Balaban J connectivity index is 3.32. The Morgan fingerprint density at radius 3 is 0.477 bits per heavy atom. The third-order valence-corrected chi connectivity index (χ3v) is 16.0. The van der Waals surface area contributed by atoms with Crippen LogP contribution in [-0.4, -0.2) is 87.6 Å². The lowest BCUT2D eigenvalue weighted by Crippen LogP contribution is -2.16. The van der Waals surface area contributed by atoms with E-state index < -0.39 is 170 Å². The van der Waals surface area contributed by atoms with Crippen molar-refractivity contribution in [2.75, 3.05) is 0 Å². The number of benzene rings is 2. The molecule has 10 N–H and O–H groups in total. The minimum Gasteiger partial charge on any atom is -0.302 e. The lowest BCUT2D eigenvalue weighted by Gasteiger charge is -2.20. The van der Waals surface area contributed by atoms with E-state index in [9.17, 15) is 87.6 Å². The fourth-order valence-corrected chi connectivity index (χ4v) is 16.8. The lowest BCUT2D eigenvalue weighted by molar-refractivity contribution is 0.514. The van der Waals surface area contributed by atoms with Crippen LogP contribution in [0.2, 0.25) is 0 Å². The molecule has 0 aromatic heterocycles. The molecule has 0 saturated heterocycles. The van der Waals surface area contributed by atoms with Gasteiger partial charge in [0.1, 0.15) is 49.0 Å². The van der Waals surface area contributed by atoms with Crippen LogP contribution in [0.3, 0.4) is 0 Å². The zero-order chi connectivity index (χ0) is 34.1. The van der Waals surface area contributed by atoms with Crippen LogP contribution in [0.4, 0.5) is 0 Å². The highest BCUT2D eigenvalue weighted by Crippen LogP contribution is 2.52. The monoisotopic (exact) mass is 858 g/mol. The van der Waals surface area contributed by atoms with Gasteiger partial charge in [-0.3, -0.25) is 0 Å². The minimum atomic E-state index is -3.60. The highest BCUT2D eigenvalue weighted by molar-refractivity contribution is 8.76. The summed E-state index contributed by atoms with van der Waals surface area (Å²) in [5.41, 5.74) is 0. The predicted octanol–water partition coefficient (Wildman–Crippen LogP) is 0.292. The molecular formula is C12H10O20S12. The quantitative estimate of drug-likeness (QED) is 0.0955. The van der Waals surface area contributed by atoms with E-state index >= 15 is 0 Å². The Bertz CT molecular complexity index is 1560. The van der Waals surface area contributed by atoms with Gasteiger partial charge >= 0.3 is 0 Å². The predicted molar refractivity (Wildman–Crippen MR) is 155 cm³/mol. The standard InChI is InChI=1S/C12H10O20S12/c13-35(14)3-1(4(36(15)16)8(40(23)24)11(43(29)30)7(3)39(21)22)33-34-2-5(37(17)18)9(41(25)26)12(44(31)32)10(42(27)28)6(2)38(19)20/h(H,13,14)(H,15,16)(H,17,18)(H,19,20)(H,21,22)(H,23,24)(H,25,26)(H,27,28)(H,29,30)(H,31,32). The summed E-state index contributed by atoms with van der Waals surface area (Å²) in [5.74, 6) is 0. The third kappa shape index (κ3) is 8.26. The molecule has 2 aromatic rings. The fourth-order valence-electron chi connectivity index (χ4n) is 3.06. The molecular weight excluding hydrogens is 849 g/mol. The summed E-state index contributed by atoms with van der Waals surface area (Å²) < 4.78 is 220. The van der Waals surface area contributed by atoms with Gasteiger partial charge in [0, 0.05) is 0 Å². The molecule has 0 aliphatic heterocycles. The molecule has 2 aromatic carbocycles. The molecule has 0 aliphatic carbocycles. The average Bonchev–Trinajstić information content (AvgIpc) is 2.87. The van der Waals surface area contributed by atoms with E-state index in [0.717, 1.165) is 0 Å². The van der Waals surface area contributed by atoms with E-state index in [1.54, 1.807) is 0 Å². The largest absolute Gasteiger partial charge is 0.302 e. The van der Waals surface area contributed by atoms with Crippen molar-refractivity contribution >= 4 is 132 Å². The molecule has 0 heterocycles. The van der Waals surface area contributed by atoms with Crippen molar-refractivity contribution in [3.8, 4) is 0 Å². The summed E-state index contributed by atoms with van der Waals surface area (Å²) in [6.45, 7) is 0. The second-order valence-corrected chi connectivity index (χ2v) is 17.8. The molecule has 32 heteroatoms. The second-order valence-electron chi connectivity index (χ2n) is 6.61. The van der Waals surface area contributed by atoms with E-state index in [1.165, 1.54) is 0 Å². The first-order valence-corrected chi connectivity index (χ1v) is 22.3. The zero-order valence-corrected chi connectivity index (χ0v) is 29.3. The maximum atomic E-state index is 12.3. The van der Waals surface area contributed by atoms with Crippen LogP contribution >= 0.6 is 21.6 Å². The van der Waals surface area contributed by atoms with Crippen molar-refractivity contribution < 1.29 is 87.6 Å². The first-order chi connectivity index (χ1) is 20.2. The highest BCUT2D eigenvalue weighted by Gasteiger charge is 2.39. The summed E-state index contributed by atoms with van der Waals surface area (Å²) in [5, 5.41) is 0. The van der Waals surface area contributed by atoms with E-state index in [2.05, 4.69) is 0 Å². The van der Waals surface area contributed by atoms with E-state index in [1.807, 2.05) is 0 Å². The van der Waals surface area contributed by atoms with E-state index in [4.69, 9.17) is 0 Å². The molecule has 10 atom stereocenters. The molecule has 0 radical (unpaired) electrons. The molecule has 250 valence electrons. The summed E-state index contributed by atoms with van der Waals surface area (Å²) >= 11 is -35.9. The smallest absolute Gasteiger partial charge is 0.189 e. The molecule has 44 heavy (non-hydrogen) atoms. The summed E-state index contributed by atoms with van der Waals surface area (Å²) in [7, 11) is -0.533. The molecule has 0 aliphatic rings. The van der Waals surface area contributed by atoms with Gasteiger partial charge in [-0.25, -0.2) is 42.1 Å². The van der Waals surface area contributed by atoms with Crippen LogP contribution < -0.4 is 0 Å². The van der Waals surface area contributed by atoms with Gasteiger partial charge in [0.25, 0.3) is 0 Å². The SMILES string of the molecule is O=S(O)c1c(SSc2c(S(=O)O)c(S(=O)O)c(S(=O)O)c(S(=O)O)c2S(=O)O)c(S(=O)O)c(S(=O)O)c(S(=O)O)c1S(=O)O. The van der Waals surface area contributed by atoms with Crippen molar-refractivity contribution in [1.82, 2.24) is 0 Å². The van der Waals surface area contributed by atoms with Crippen molar-refractivity contribution in [3.05, 3.63) is 0 Å². The number of rotatable bonds is 13. The molecule has 0 amide bonds. The first-order valence-electron chi connectivity index (χ1n) is 9.11. The van der Waals surface area contributed by atoms with Gasteiger partial charge in [0.15, 0.2) is 111 Å². The normalized spacial score (nSPS) is 18.9. The van der Waals surface area contributed by atoms with Gasteiger partial charge < -0.3 is 45.5 Å². The Labute approximate surface area is 276 Å². The van der Waals surface area contributed by atoms with Gasteiger partial charge in [0.2, 0.25) is 0 Å². The Morgan fingerprint density at radius 2 is 0.364 bits per heavy atom. The van der Waals surface area contributed by atoms with E-state index in [0.29, 0.717) is 0 Å². The van der Waals surface area contributed by atoms with Crippen molar-refractivity contribution in [1.29, 1.82) is 0 Å². The maximum Gasteiger partial charge on any atom is 0.189 e. The minimum absolute atomic E-state index is 0.267. The van der Waals surface area contributed by atoms with Gasteiger partial charge in [-0.1, -0.05) is 0 Å². The number of hydrogen-bond donors (Lipinski definition) is 10. The second kappa shape index (κ2) is 16.6. The van der Waals surface area contributed by atoms with Crippen LogP contribution in [0.5, 0.6) is 0 Å². The van der Waals surface area contributed by atoms with E-state index in [-0.39, 0.29) is 21.6 Å². The average molecular weight is 859 g/mol. The maximum absolute atomic E-state index is 12.3. The molecule has 0 bridgehead atoms. The molecule has 0 spiro atoms.